The lowest BCUT2D eigenvalue weighted by molar-refractivity contribution is 0.340. The van der Waals surface area contributed by atoms with Crippen molar-refractivity contribution in [2.75, 3.05) is 19.7 Å². The van der Waals surface area contributed by atoms with Gasteiger partial charge < -0.3 is 10.1 Å². The number of nitrogens with one attached hydrogen (secondary N) is 1. The normalized spacial score (nSPS) is 20.0. The summed E-state index contributed by atoms with van der Waals surface area (Å²) in [6.07, 6.45) is 2.39. The van der Waals surface area contributed by atoms with Crippen molar-refractivity contribution in [2.45, 2.75) is 19.8 Å². The van der Waals surface area contributed by atoms with Crippen LogP contribution in [0.5, 0.6) is 5.75 Å². The Labute approximate surface area is 102 Å². The summed E-state index contributed by atoms with van der Waals surface area (Å²) in [6.45, 7) is 4.92. The summed E-state index contributed by atoms with van der Waals surface area (Å²) in [7, 11) is 0. The zero-order valence-electron chi connectivity index (χ0n) is 9.63. The molecule has 0 radical (unpaired) electrons. The lowest BCUT2D eigenvalue weighted by Crippen LogP contribution is -2.10. The molecule has 0 spiro atoms. The van der Waals surface area contributed by atoms with Gasteiger partial charge in [0.05, 0.1) is 11.6 Å². The Balaban J connectivity index is 2.05. The molecule has 1 aromatic rings. The lowest BCUT2D eigenvalue weighted by Gasteiger charge is -2.11. The van der Waals surface area contributed by atoms with Gasteiger partial charge in [0.15, 0.2) is 0 Å². The van der Waals surface area contributed by atoms with Gasteiger partial charge in [-0.25, -0.2) is 0 Å². The minimum absolute atomic E-state index is 0.661. The molecule has 0 bridgehead atoms. The highest BCUT2D eigenvalue weighted by molar-refractivity contribution is 6.32. The van der Waals surface area contributed by atoms with Crippen LogP contribution < -0.4 is 10.1 Å². The van der Waals surface area contributed by atoms with Crippen LogP contribution in [0.2, 0.25) is 5.02 Å². The molecule has 0 aromatic heterocycles. The van der Waals surface area contributed by atoms with Gasteiger partial charge in [0.1, 0.15) is 5.75 Å². The van der Waals surface area contributed by atoms with Crippen molar-refractivity contribution >= 4 is 11.6 Å². The molecule has 1 saturated heterocycles. The Kier molecular flexibility index (Phi) is 4.08. The molecule has 1 aliphatic rings. The quantitative estimate of drug-likeness (QED) is 0.873. The molecule has 1 atom stereocenters. The highest BCUT2D eigenvalue weighted by atomic mass is 35.5. The van der Waals surface area contributed by atoms with Crippen LogP contribution in [-0.2, 0) is 6.42 Å². The summed E-state index contributed by atoms with van der Waals surface area (Å²) in [4.78, 5) is 0. The fourth-order valence-corrected chi connectivity index (χ4v) is 2.33. The van der Waals surface area contributed by atoms with Gasteiger partial charge in [-0.3, -0.25) is 0 Å². The zero-order valence-corrected chi connectivity index (χ0v) is 10.4. The predicted octanol–water partition coefficient (Wildman–Crippen LogP) is 2.89. The summed E-state index contributed by atoms with van der Waals surface area (Å²) in [6, 6.07) is 6.11. The first-order valence-corrected chi connectivity index (χ1v) is 6.29. The predicted molar refractivity (Wildman–Crippen MR) is 67.3 cm³/mol. The van der Waals surface area contributed by atoms with Crippen molar-refractivity contribution < 1.29 is 4.74 Å². The fourth-order valence-electron chi connectivity index (χ4n) is 2.16. The summed E-state index contributed by atoms with van der Waals surface area (Å²) in [5.41, 5.74) is 1.32. The fraction of sp³-hybridized carbons (Fsp3) is 0.538. The molecule has 2 nitrogen and oxygen atoms in total. The van der Waals surface area contributed by atoms with Crippen molar-refractivity contribution in [3.05, 3.63) is 28.8 Å². The van der Waals surface area contributed by atoms with E-state index in [9.17, 15) is 0 Å². The van der Waals surface area contributed by atoms with Crippen molar-refractivity contribution in [1.82, 2.24) is 5.32 Å². The third-order valence-corrected chi connectivity index (χ3v) is 3.29. The lowest BCUT2D eigenvalue weighted by atomic mass is 9.99. The van der Waals surface area contributed by atoms with Gasteiger partial charge in [-0.1, -0.05) is 17.7 Å². The largest absolute Gasteiger partial charge is 0.492 e. The van der Waals surface area contributed by atoms with Gasteiger partial charge in [-0.05, 0) is 56.5 Å². The van der Waals surface area contributed by atoms with Crippen LogP contribution in [0.4, 0.5) is 0 Å². The Morgan fingerprint density at radius 1 is 1.50 bits per heavy atom. The van der Waals surface area contributed by atoms with Crippen LogP contribution >= 0.6 is 11.6 Å². The van der Waals surface area contributed by atoms with Crippen LogP contribution in [0.1, 0.15) is 18.9 Å². The van der Waals surface area contributed by atoms with Crippen molar-refractivity contribution in [3.8, 4) is 5.75 Å². The molecule has 1 unspecified atom stereocenters. The number of hydrogen-bond donors (Lipinski definition) is 1. The minimum atomic E-state index is 0.661. The molecule has 88 valence electrons. The number of hydrogen-bond acceptors (Lipinski definition) is 2. The smallest absolute Gasteiger partial charge is 0.138 e. The maximum absolute atomic E-state index is 6.05. The van der Waals surface area contributed by atoms with E-state index in [0.29, 0.717) is 11.6 Å². The molecule has 1 aliphatic heterocycles. The maximum Gasteiger partial charge on any atom is 0.138 e. The number of rotatable bonds is 4. The van der Waals surface area contributed by atoms with Crippen molar-refractivity contribution in [3.63, 3.8) is 0 Å². The number of halogens is 1. The molecule has 0 saturated carbocycles. The SMILES string of the molecule is CCOc1cc(CC2CCNC2)ccc1Cl. The van der Waals surface area contributed by atoms with Crippen molar-refractivity contribution in [1.29, 1.82) is 0 Å². The van der Waals surface area contributed by atoms with Gasteiger partial charge in [-0.2, -0.15) is 0 Å². The van der Waals surface area contributed by atoms with E-state index >= 15 is 0 Å². The zero-order chi connectivity index (χ0) is 11.4. The van der Waals surface area contributed by atoms with E-state index in [1.54, 1.807) is 0 Å². The minimum Gasteiger partial charge on any atom is -0.492 e. The molecule has 1 fully saturated rings. The van der Waals surface area contributed by atoms with Gasteiger partial charge in [0, 0.05) is 0 Å². The summed E-state index contributed by atoms with van der Waals surface area (Å²) in [5, 5.41) is 4.09. The first-order valence-electron chi connectivity index (χ1n) is 5.91. The second kappa shape index (κ2) is 5.55. The van der Waals surface area contributed by atoms with E-state index in [0.717, 1.165) is 31.2 Å². The van der Waals surface area contributed by atoms with E-state index in [-0.39, 0.29) is 0 Å². The highest BCUT2D eigenvalue weighted by Crippen LogP contribution is 2.27. The molecule has 16 heavy (non-hydrogen) atoms. The highest BCUT2D eigenvalue weighted by Gasteiger charge is 2.15. The average molecular weight is 240 g/mol. The van der Waals surface area contributed by atoms with E-state index < -0.39 is 0 Å². The van der Waals surface area contributed by atoms with Gasteiger partial charge >= 0.3 is 0 Å². The second-order valence-corrected chi connectivity index (χ2v) is 4.67. The maximum atomic E-state index is 6.05. The molecule has 1 aromatic carbocycles. The van der Waals surface area contributed by atoms with E-state index in [2.05, 4.69) is 17.4 Å². The van der Waals surface area contributed by atoms with Crippen LogP contribution in [-0.4, -0.2) is 19.7 Å². The van der Waals surface area contributed by atoms with Crippen LogP contribution in [0.25, 0.3) is 0 Å². The molecule has 2 rings (SSSR count). The van der Waals surface area contributed by atoms with Gasteiger partial charge in [0.2, 0.25) is 0 Å². The third-order valence-electron chi connectivity index (χ3n) is 2.98. The second-order valence-electron chi connectivity index (χ2n) is 4.26. The summed E-state index contributed by atoms with van der Waals surface area (Å²) < 4.78 is 5.49. The summed E-state index contributed by atoms with van der Waals surface area (Å²) in [5.74, 6) is 1.57. The molecular weight excluding hydrogens is 222 g/mol. The summed E-state index contributed by atoms with van der Waals surface area (Å²) >= 11 is 6.05. The average Bonchev–Trinajstić information content (AvgIpc) is 2.76. The van der Waals surface area contributed by atoms with Crippen LogP contribution in [0.15, 0.2) is 18.2 Å². The first-order chi connectivity index (χ1) is 7.79. The number of benzene rings is 1. The molecular formula is C13H18ClNO. The van der Waals surface area contributed by atoms with Gasteiger partial charge in [-0.15, -0.1) is 0 Å². The van der Waals surface area contributed by atoms with Gasteiger partial charge in [0.25, 0.3) is 0 Å². The van der Waals surface area contributed by atoms with Crippen LogP contribution in [0, 0.1) is 5.92 Å². The molecule has 1 N–H and O–H groups in total. The first kappa shape index (κ1) is 11.7. The Bertz CT molecular complexity index is 348. The third kappa shape index (κ3) is 2.89. The van der Waals surface area contributed by atoms with E-state index in [1.807, 2.05) is 13.0 Å². The van der Waals surface area contributed by atoms with E-state index in [4.69, 9.17) is 16.3 Å². The Morgan fingerprint density at radius 3 is 3.06 bits per heavy atom. The number of ether oxygens (including phenoxy) is 1. The molecule has 1 heterocycles. The molecule has 0 aliphatic carbocycles. The Morgan fingerprint density at radius 2 is 2.38 bits per heavy atom. The Hall–Kier alpha value is -0.730. The topological polar surface area (TPSA) is 21.3 Å². The standard InChI is InChI=1S/C13H18ClNO/c1-2-16-13-8-10(3-4-12(13)14)7-11-5-6-15-9-11/h3-4,8,11,15H,2,5-7,9H2,1H3. The van der Waals surface area contributed by atoms with Crippen molar-refractivity contribution in [2.24, 2.45) is 5.92 Å². The monoisotopic (exact) mass is 239 g/mol. The van der Waals surface area contributed by atoms with E-state index in [1.165, 1.54) is 12.0 Å². The molecule has 3 heteroatoms. The van der Waals surface area contributed by atoms with Crippen LogP contribution in [0.3, 0.4) is 0 Å². The molecule has 0 amide bonds.